The minimum Gasteiger partial charge on any atom is -0.147 e. The normalized spacial score (nSPS) is 17.7. The van der Waals surface area contributed by atoms with Crippen molar-refractivity contribution in [2.75, 3.05) is 0 Å². The quantitative estimate of drug-likeness (QED) is 0.243. The van der Waals surface area contributed by atoms with E-state index in [9.17, 15) is 0 Å². The Bertz CT molecular complexity index is 941. The molecule has 2 aliphatic rings. The maximum atomic E-state index is 2.67. The van der Waals surface area contributed by atoms with E-state index >= 15 is 0 Å². The molecule has 174 valence electrons. The fourth-order valence-electron chi connectivity index (χ4n) is 4.99. The predicted molar refractivity (Wildman–Crippen MR) is 150 cm³/mol. The van der Waals surface area contributed by atoms with Gasteiger partial charge in [0.25, 0.3) is 0 Å². The van der Waals surface area contributed by atoms with Gasteiger partial charge in [0.15, 0.2) is 0 Å². The number of fused-ring (bicyclic) bond motifs is 1. The van der Waals surface area contributed by atoms with Crippen LogP contribution < -0.4 is 0 Å². The van der Waals surface area contributed by atoms with Crippen molar-refractivity contribution in [3.8, 4) is 11.1 Å². The smallest absolute Gasteiger partial charge is 0.0536 e. The van der Waals surface area contributed by atoms with Gasteiger partial charge in [0.1, 0.15) is 0 Å². The molecule has 0 N–H and O–H groups in total. The molecule has 0 heterocycles. The third-order valence-electron chi connectivity index (χ3n) is 6.64. The van der Waals surface area contributed by atoms with Crippen LogP contribution in [-0.4, -0.2) is 7.37 Å². The van der Waals surface area contributed by atoms with Crippen molar-refractivity contribution in [1.82, 2.24) is 0 Å². The molecule has 2 atom stereocenters. The summed E-state index contributed by atoms with van der Waals surface area (Å²) in [6.45, 7) is 6.83. The van der Waals surface area contributed by atoms with E-state index in [0.29, 0.717) is 0 Å². The molecule has 0 saturated heterocycles. The molecule has 0 aliphatic heterocycles. The van der Waals surface area contributed by atoms with Crippen LogP contribution in [0.3, 0.4) is 0 Å². The van der Waals surface area contributed by atoms with E-state index in [0.717, 1.165) is 3.63 Å². The number of allylic oxidation sites excluding steroid dienone is 5. The van der Waals surface area contributed by atoms with Crippen LogP contribution in [0.5, 0.6) is 0 Å². The molecule has 2 aromatic carbocycles. The Morgan fingerprint density at radius 2 is 1.59 bits per heavy atom. The second-order valence-corrected chi connectivity index (χ2v) is 33.0. The summed E-state index contributed by atoms with van der Waals surface area (Å²) in [7, 11) is 1.37. The van der Waals surface area contributed by atoms with Crippen LogP contribution in [0.25, 0.3) is 17.2 Å². The number of halogens is 2. The van der Waals surface area contributed by atoms with Crippen molar-refractivity contribution in [1.29, 1.82) is 0 Å². The standard InChI is InChI=1S/C16H13.C6H14.C5H5.CH3.2ClH.H3Si.Zr/c1-12-10-14-8-5-9-15(16(14)11-12)13-6-3-2-4-7-13;1-3-5-6-4-2;1-2-4-5-3-1;;;;;/h2-11H,1H3;3-6H2,1-2H3;1-3H,4H2;1H3;2*1H;1H3;. The van der Waals surface area contributed by atoms with E-state index in [4.69, 9.17) is 0 Å². The van der Waals surface area contributed by atoms with Gasteiger partial charge in [0.05, 0.1) is 0 Å². The second kappa shape index (κ2) is 13.9. The van der Waals surface area contributed by atoms with Crippen LogP contribution in [0.2, 0.25) is 4.63 Å². The molecule has 0 bridgehead atoms. The number of rotatable bonds is 6. The Hall–Kier alpha value is -0.660. The minimum atomic E-state index is -2.27. The summed E-state index contributed by atoms with van der Waals surface area (Å²) < 4.78 is 5.22. The van der Waals surface area contributed by atoms with Crippen molar-refractivity contribution < 1.29 is 19.4 Å². The fraction of sp³-hybridized carbons (Fsp3) is 0.357. The van der Waals surface area contributed by atoms with Crippen LogP contribution in [0.4, 0.5) is 0 Å². The van der Waals surface area contributed by atoms with Crippen LogP contribution >= 0.6 is 24.8 Å². The first-order valence-corrected chi connectivity index (χ1v) is 25.2. The Morgan fingerprint density at radius 3 is 2.16 bits per heavy atom. The molecule has 0 radical (unpaired) electrons. The molecule has 32 heavy (non-hydrogen) atoms. The summed E-state index contributed by atoms with van der Waals surface area (Å²) in [6.07, 6.45) is 16.3. The summed E-state index contributed by atoms with van der Waals surface area (Å²) in [5, 5.41) is 0. The predicted octanol–water partition coefficient (Wildman–Crippen LogP) is 8.57. The van der Waals surface area contributed by atoms with E-state index in [1.807, 2.05) is 3.28 Å². The maximum absolute atomic E-state index is 2.67. The van der Waals surface area contributed by atoms with E-state index < -0.39 is 19.4 Å². The molecule has 2 aliphatic carbocycles. The van der Waals surface area contributed by atoms with Gasteiger partial charge in [-0.1, -0.05) is 39.5 Å². The monoisotopic (exact) mass is 564 g/mol. The van der Waals surface area contributed by atoms with Gasteiger partial charge in [0.2, 0.25) is 0 Å². The van der Waals surface area contributed by atoms with Gasteiger partial charge in [-0.25, -0.2) is 0 Å². The molecule has 4 heteroatoms. The summed E-state index contributed by atoms with van der Waals surface area (Å²) >= 11 is -2.27. The van der Waals surface area contributed by atoms with Crippen molar-refractivity contribution in [3.05, 3.63) is 86.7 Å². The molecule has 0 nitrogen and oxygen atoms in total. The fourth-order valence-corrected chi connectivity index (χ4v) is 21.0. The molecule has 2 unspecified atom stereocenters. The zero-order valence-electron chi connectivity index (χ0n) is 20.4. The summed E-state index contributed by atoms with van der Waals surface area (Å²) in [4.78, 5) is 0. The molecule has 2 aromatic rings. The summed E-state index contributed by atoms with van der Waals surface area (Å²) in [5.74, 6) is 0. The van der Waals surface area contributed by atoms with E-state index in [-0.39, 0.29) is 24.8 Å². The Morgan fingerprint density at radius 1 is 0.938 bits per heavy atom. The average molecular weight is 567 g/mol. The van der Waals surface area contributed by atoms with Gasteiger partial charge < -0.3 is 0 Å². The first-order chi connectivity index (χ1) is 14.5. The van der Waals surface area contributed by atoms with Gasteiger partial charge in [-0.15, -0.1) is 24.8 Å². The molecule has 0 amide bonds. The number of hydrogen-bond donors (Lipinski definition) is 0. The van der Waals surface area contributed by atoms with Crippen LogP contribution in [-0.2, 0) is 19.4 Å². The largest absolute Gasteiger partial charge is 0.147 e. The van der Waals surface area contributed by atoms with Gasteiger partial charge >= 0.3 is 152 Å². The first-order valence-electron chi connectivity index (χ1n) is 11.7. The van der Waals surface area contributed by atoms with Crippen LogP contribution in [0.1, 0.15) is 67.6 Å². The zero-order valence-corrected chi connectivity index (χ0v) is 26.4. The van der Waals surface area contributed by atoms with E-state index in [1.54, 1.807) is 11.1 Å². The van der Waals surface area contributed by atoms with Crippen molar-refractivity contribution in [3.63, 3.8) is 0 Å². The topological polar surface area (TPSA) is 0 Å². The van der Waals surface area contributed by atoms with Crippen LogP contribution in [0.15, 0.2) is 75.6 Å². The van der Waals surface area contributed by atoms with Gasteiger partial charge in [0, 0.05) is 0 Å². The maximum Gasteiger partial charge on any atom is -0.0536 e. The van der Waals surface area contributed by atoms with Gasteiger partial charge in [-0.05, 0) is 0 Å². The van der Waals surface area contributed by atoms with E-state index in [2.05, 4.69) is 98.2 Å². The van der Waals surface area contributed by atoms with E-state index in [1.165, 1.54) is 56.2 Å². The zero-order chi connectivity index (χ0) is 21.6. The SMILES string of the molecule is CC1=Cc2c(-c3ccccc3)cccc2[CH]1[Zr]([CH3])([SiH3])[C]1=CC=CC1.CCCCCC.Cl.Cl. The number of benzene rings is 2. The molecular weight excluding hydrogens is 527 g/mol. The molecule has 0 saturated carbocycles. The van der Waals surface area contributed by atoms with Gasteiger partial charge in [-0.2, -0.15) is 0 Å². The van der Waals surface area contributed by atoms with Crippen LogP contribution in [0, 0.1) is 0 Å². The average Bonchev–Trinajstić information content (AvgIpc) is 3.41. The number of unbranched alkanes of at least 4 members (excludes halogenated alkanes) is 3. The summed E-state index contributed by atoms with van der Waals surface area (Å²) in [6, 6.07) is 17.8. The third-order valence-corrected chi connectivity index (χ3v) is 24.3. The van der Waals surface area contributed by atoms with Gasteiger partial charge in [-0.3, -0.25) is 0 Å². The molecule has 0 aromatic heterocycles. The summed E-state index contributed by atoms with van der Waals surface area (Å²) in [5.41, 5.74) is 7.43. The third kappa shape index (κ3) is 6.69. The Kier molecular flexibility index (Phi) is 12.8. The Balaban J connectivity index is 0.000000571. The molecule has 0 spiro atoms. The molecule has 4 rings (SSSR count). The number of hydrogen-bond acceptors (Lipinski definition) is 0. The van der Waals surface area contributed by atoms with Crippen molar-refractivity contribution in [2.24, 2.45) is 0 Å². The first kappa shape index (κ1) is 29.4. The Labute approximate surface area is 215 Å². The van der Waals surface area contributed by atoms with Crippen molar-refractivity contribution in [2.45, 2.75) is 61.1 Å². The molecular formula is C28H40Cl2SiZr. The second-order valence-electron chi connectivity index (χ2n) is 9.25. The van der Waals surface area contributed by atoms with Crippen molar-refractivity contribution >= 4 is 38.3 Å². The minimum absolute atomic E-state index is 0. The molecule has 0 fully saturated rings.